The number of nitrogens with one attached hydrogen (secondary N) is 1. The monoisotopic (exact) mass is 334 g/mol. The van der Waals surface area contributed by atoms with Gasteiger partial charge in [0.05, 0.1) is 22.3 Å². The molecule has 118 valence electrons. The van der Waals surface area contributed by atoms with Gasteiger partial charge in [-0.3, -0.25) is 0 Å². The zero-order valence-corrected chi connectivity index (χ0v) is 13.1. The number of fused-ring (bicyclic) bond motifs is 2. The summed E-state index contributed by atoms with van der Waals surface area (Å²) in [6.07, 6.45) is 0. The van der Waals surface area contributed by atoms with Crippen molar-refractivity contribution in [3.05, 3.63) is 53.0 Å². The van der Waals surface area contributed by atoms with Crippen LogP contribution in [0.5, 0.6) is 0 Å². The van der Waals surface area contributed by atoms with Crippen molar-refractivity contribution in [2.75, 3.05) is 38.4 Å². The van der Waals surface area contributed by atoms with Crippen molar-refractivity contribution in [1.29, 1.82) is 0 Å². The summed E-state index contributed by atoms with van der Waals surface area (Å²) in [6.45, 7) is -4.68. The van der Waals surface area contributed by atoms with E-state index < -0.39 is 31.1 Å². The molecule has 0 saturated carbocycles. The molecule has 0 radical (unpaired) electrons. The standard InChI is InChI=1S/C18H19ClN4/c1-22-8-10-23(11-9-22)18-14-4-2-3-5-15(14)20-16-7-6-13(19)12-17(16)21-18/h2-7,12,20H,8-11H2,1H3/i2D,3D,4D,5D,10D2,11D2. The van der Waals surface area contributed by atoms with E-state index in [1.807, 2.05) is 0 Å². The SMILES string of the molecule is [2H]c1c([2H])c([2H])c2c(c1[2H])Nc1ccc(Cl)cc1N=C2N1C([2H])([2H])CN(C)CC1([2H])[2H]. The second kappa shape index (κ2) is 5.87. The minimum Gasteiger partial charge on any atom is -0.353 e. The van der Waals surface area contributed by atoms with Crippen molar-refractivity contribution in [2.24, 2.45) is 4.99 Å². The van der Waals surface area contributed by atoms with Crippen LogP contribution in [0.1, 0.15) is 16.5 Å². The summed E-state index contributed by atoms with van der Waals surface area (Å²) in [6, 6.07) is 2.92. The number of halogens is 1. The van der Waals surface area contributed by atoms with Gasteiger partial charge >= 0.3 is 0 Å². The van der Waals surface area contributed by atoms with Gasteiger partial charge in [0.25, 0.3) is 0 Å². The van der Waals surface area contributed by atoms with Crippen LogP contribution < -0.4 is 5.32 Å². The first-order chi connectivity index (χ1) is 14.3. The van der Waals surface area contributed by atoms with Crippen molar-refractivity contribution >= 4 is 34.5 Å². The summed E-state index contributed by atoms with van der Waals surface area (Å²) in [4.78, 5) is 6.90. The van der Waals surface area contributed by atoms with Gasteiger partial charge in [-0.2, -0.15) is 0 Å². The Kier molecular flexibility index (Phi) is 2.09. The maximum Gasteiger partial charge on any atom is 0.138 e. The van der Waals surface area contributed by atoms with Gasteiger partial charge in [0, 0.05) is 42.4 Å². The first-order valence-corrected chi connectivity index (χ1v) is 7.46. The number of amidine groups is 1. The smallest absolute Gasteiger partial charge is 0.138 e. The minimum atomic E-state index is -2.22. The number of hydrogen-bond donors (Lipinski definition) is 1. The van der Waals surface area contributed by atoms with E-state index in [0.29, 0.717) is 10.7 Å². The Balaban J connectivity index is 2.09. The minimum absolute atomic E-state index is 0.00338. The molecule has 23 heavy (non-hydrogen) atoms. The van der Waals surface area contributed by atoms with E-state index >= 15 is 0 Å². The molecular formula is C18H19ClN4. The Morgan fingerprint density at radius 1 is 1.22 bits per heavy atom. The zero-order valence-electron chi connectivity index (χ0n) is 20.4. The van der Waals surface area contributed by atoms with E-state index in [2.05, 4.69) is 10.3 Å². The largest absolute Gasteiger partial charge is 0.353 e. The predicted octanol–water partition coefficient (Wildman–Crippen LogP) is 3.72. The Hall–Kier alpha value is -2.04. The van der Waals surface area contributed by atoms with Crippen molar-refractivity contribution in [2.45, 2.75) is 0 Å². The van der Waals surface area contributed by atoms with Gasteiger partial charge in [0.1, 0.15) is 5.84 Å². The molecule has 2 aromatic carbocycles. The van der Waals surface area contributed by atoms with Crippen LogP contribution in [0.2, 0.25) is 5.02 Å². The molecule has 0 atom stereocenters. The highest BCUT2D eigenvalue weighted by molar-refractivity contribution is 6.31. The quantitative estimate of drug-likeness (QED) is 0.796. The highest BCUT2D eigenvalue weighted by atomic mass is 35.5. The lowest BCUT2D eigenvalue weighted by Crippen LogP contribution is -2.47. The normalized spacial score (nSPS) is 27.0. The lowest BCUT2D eigenvalue weighted by atomic mass is 10.1. The number of benzene rings is 2. The number of rotatable bonds is 0. The van der Waals surface area contributed by atoms with Crippen molar-refractivity contribution in [3.63, 3.8) is 0 Å². The van der Waals surface area contributed by atoms with Gasteiger partial charge in [-0.05, 0) is 37.3 Å². The first kappa shape index (κ1) is 8.18. The van der Waals surface area contributed by atoms with Gasteiger partial charge in [-0.1, -0.05) is 23.7 Å². The third-order valence-electron chi connectivity index (χ3n) is 3.57. The molecular weight excluding hydrogens is 308 g/mol. The fourth-order valence-electron chi connectivity index (χ4n) is 2.39. The molecule has 0 unspecified atom stereocenters. The zero-order chi connectivity index (χ0) is 22.9. The second-order valence-electron chi connectivity index (χ2n) is 5.30. The Morgan fingerprint density at radius 3 is 2.83 bits per heavy atom. The van der Waals surface area contributed by atoms with E-state index in [4.69, 9.17) is 22.6 Å². The van der Waals surface area contributed by atoms with Gasteiger partial charge in [0.15, 0.2) is 0 Å². The third-order valence-corrected chi connectivity index (χ3v) is 3.80. The second-order valence-corrected chi connectivity index (χ2v) is 5.73. The lowest BCUT2D eigenvalue weighted by molar-refractivity contribution is 0.216. The molecule has 0 bridgehead atoms. The number of hydrogen-bond acceptors (Lipinski definition) is 4. The molecule has 0 amide bonds. The molecule has 2 aliphatic rings. The summed E-state index contributed by atoms with van der Waals surface area (Å²) in [5, 5.41) is 3.32. The van der Waals surface area contributed by atoms with E-state index in [1.165, 1.54) is 11.0 Å². The van der Waals surface area contributed by atoms with Crippen LogP contribution in [0, 0.1) is 0 Å². The van der Waals surface area contributed by atoms with Crippen molar-refractivity contribution in [3.8, 4) is 0 Å². The van der Waals surface area contributed by atoms with Gasteiger partial charge in [-0.25, -0.2) is 4.99 Å². The number of likely N-dealkylation sites (N-methyl/N-ethyl adjacent to an activating group) is 1. The maximum absolute atomic E-state index is 8.56. The molecule has 0 aliphatic carbocycles. The van der Waals surface area contributed by atoms with Crippen LogP contribution in [0.15, 0.2) is 47.4 Å². The maximum atomic E-state index is 8.56. The summed E-state index contributed by atoms with van der Waals surface area (Å²) >= 11 is 6.12. The molecule has 0 spiro atoms. The van der Waals surface area contributed by atoms with E-state index in [9.17, 15) is 0 Å². The number of anilines is 2. The highest BCUT2D eigenvalue weighted by Gasteiger charge is 2.23. The van der Waals surface area contributed by atoms with E-state index in [1.54, 1.807) is 19.2 Å². The Morgan fingerprint density at radius 2 is 2.00 bits per heavy atom. The van der Waals surface area contributed by atoms with Crippen LogP contribution in [-0.4, -0.2) is 48.8 Å². The molecule has 0 aromatic heterocycles. The number of piperazine rings is 1. The predicted molar refractivity (Wildman–Crippen MR) is 96.4 cm³/mol. The summed E-state index contributed by atoms with van der Waals surface area (Å²) in [7, 11) is 1.61. The molecule has 4 nitrogen and oxygen atoms in total. The Labute approximate surface area is 152 Å². The van der Waals surface area contributed by atoms with Crippen LogP contribution in [0.3, 0.4) is 0 Å². The first-order valence-electron chi connectivity index (χ1n) is 11.1. The van der Waals surface area contributed by atoms with Crippen molar-refractivity contribution < 1.29 is 11.0 Å². The molecule has 2 aromatic rings. The van der Waals surface area contributed by atoms with Crippen LogP contribution in [0.4, 0.5) is 17.1 Å². The third kappa shape index (κ3) is 2.80. The fraction of sp³-hybridized carbons (Fsp3) is 0.278. The number of aliphatic imine (C=N–C) groups is 1. The molecule has 2 aliphatic heterocycles. The summed E-state index contributed by atoms with van der Waals surface area (Å²) < 4.78 is 67.2. The van der Waals surface area contributed by atoms with Crippen LogP contribution >= 0.6 is 11.6 Å². The summed E-state index contributed by atoms with van der Waals surface area (Å²) in [5.74, 6) is -0.224. The molecule has 1 saturated heterocycles. The van der Waals surface area contributed by atoms with Gasteiger partial charge < -0.3 is 15.1 Å². The number of nitrogens with zero attached hydrogens (tertiary/aromatic N) is 3. The highest BCUT2D eigenvalue weighted by Crippen LogP contribution is 2.36. The Bertz CT molecular complexity index is 1100. The molecule has 1 N–H and O–H groups in total. The van der Waals surface area contributed by atoms with Crippen LogP contribution in [-0.2, 0) is 0 Å². The average molecular weight is 335 g/mol. The fourth-order valence-corrected chi connectivity index (χ4v) is 2.55. The van der Waals surface area contributed by atoms with E-state index in [-0.39, 0.29) is 41.9 Å². The molecule has 1 fully saturated rings. The average Bonchev–Trinajstić information content (AvgIpc) is 2.79. The molecule has 5 heteroatoms. The number of para-hydroxylation sites is 1. The van der Waals surface area contributed by atoms with E-state index in [0.717, 1.165) is 4.90 Å². The van der Waals surface area contributed by atoms with Crippen molar-refractivity contribution in [1.82, 2.24) is 9.80 Å². The molecule has 4 rings (SSSR count). The van der Waals surface area contributed by atoms with Gasteiger partial charge in [0.2, 0.25) is 0 Å². The topological polar surface area (TPSA) is 30.9 Å². The summed E-state index contributed by atoms with van der Waals surface area (Å²) in [5.41, 5.74) is 0.564. The van der Waals surface area contributed by atoms with Gasteiger partial charge in [-0.15, -0.1) is 0 Å². The van der Waals surface area contributed by atoms with Crippen LogP contribution in [0.25, 0.3) is 0 Å². The lowest BCUT2D eigenvalue weighted by Gasteiger charge is -2.34. The molecule has 2 heterocycles.